The minimum absolute atomic E-state index is 0.125. The molecule has 0 unspecified atom stereocenters. The Balaban J connectivity index is 1.48. The molecule has 3 rings (SSSR count). The number of aliphatic hydroxyl groups is 2. The number of nitrogens with zero attached hydrogens (tertiary/aromatic N) is 2. The number of aldehydes is 1. The first kappa shape index (κ1) is 25.9. The number of fused-ring (bicyclic) bond motifs is 1. The lowest BCUT2D eigenvalue weighted by molar-refractivity contribution is -0.138. The molecule has 184 valence electrons. The summed E-state index contributed by atoms with van der Waals surface area (Å²) in [5.74, 6) is 0.955. The van der Waals surface area contributed by atoms with Crippen LogP contribution in [0.1, 0.15) is 45.7 Å². The molecule has 2 aromatic rings. The fraction of sp³-hybridized carbons (Fsp3) is 0.481. The first-order valence-electron chi connectivity index (χ1n) is 11.8. The zero-order chi connectivity index (χ0) is 24.7. The van der Waals surface area contributed by atoms with Gasteiger partial charge in [0.1, 0.15) is 5.75 Å². The van der Waals surface area contributed by atoms with Gasteiger partial charge in [0.25, 0.3) is 5.91 Å². The lowest BCUT2D eigenvalue weighted by atomic mass is 9.76. The topological polar surface area (TPSA) is 90.3 Å². The number of ether oxygens (including phenoxy) is 1. The highest BCUT2D eigenvalue weighted by atomic mass is 16.5. The van der Waals surface area contributed by atoms with E-state index in [0.717, 1.165) is 42.8 Å². The van der Waals surface area contributed by atoms with E-state index < -0.39 is 5.91 Å². The van der Waals surface area contributed by atoms with Gasteiger partial charge in [0.05, 0.1) is 20.3 Å². The maximum atomic E-state index is 12.1. The number of hydrogen-bond acceptors (Lipinski definition) is 6. The van der Waals surface area contributed by atoms with E-state index in [-0.39, 0.29) is 13.2 Å². The van der Waals surface area contributed by atoms with E-state index in [4.69, 9.17) is 4.74 Å². The quantitative estimate of drug-likeness (QED) is 0.346. The van der Waals surface area contributed by atoms with Gasteiger partial charge in [-0.3, -0.25) is 9.59 Å². The van der Waals surface area contributed by atoms with E-state index in [0.29, 0.717) is 42.8 Å². The van der Waals surface area contributed by atoms with Crippen LogP contribution in [-0.4, -0.2) is 72.5 Å². The molecule has 7 nitrogen and oxygen atoms in total. The summed E-state index contributed by atoms with van der Waals surface area (Å²) < 4.78 is 5.42. The predicted octanol–water partition coefficient (Wildman–Crippen LogP) is 2.22. The largest absolute Gasteiger partial charge is 0.496 e. The molecule has 7 heteroatoms. The number of methoxy groups -OCH3 is 1. The molecule has 0 radical (unpaired) electrons. The number of carbonyl (C=O) groups is 2. The number of carbonyl (C=O) groups excluding carboxylic acids is 2. The molecule has 0 saturated heterocycles. The Morgan fingerprint density at radius 1 is 1.12 bits per heavy atom. The molecule has 1 aliphatic rings. The highest BCUT2D eigenvalue weighted by molar-refractivity contribution is 6.23. The number of rotatable bonds is 13. The second kappa shape index (κ2) is 12.1. The number of aryl methyl sites for hydroxylation is 1. The Bertz CT molecular complexity index is 1010. The van der Waals surface area contributed by atoms with Gasteiger partial charge >= 0.3 is 0 Å². The van der Waals surface area contributed by atoms with E-state index in [1.807, 2.05) is 12.1 Å². The van der Waals surface area contributed by atoms with Crippen molar-refractivity contribution in [3.8, 4) is 5.75 Å². The highest BCUT2D eigenvalue weighted by Gasteiger charge is 2.28. The Hall–Kier alpha value is -2.74. The summed E-state index contributed by atoms with van der Waals surface area (Å²) in [5, 5.41) is 18.8. The Morgan fingerprint density at radius 2 is 1.88 bits per heavy atom. The lowest BCUT2D eigenvalue weighted by Gasteiger charge is -2.34. The van der Waals surface area contributed by atoms with Crippen LogP contribution in [0, 0.1) is 6.92 Å². The molecular formula is C27H36N2O5. The molecule has 0 spiro atoms. The third kappa shape index (κ3) is 6.23. The highest BCUT2D eigenvalue weighted by Crippen LogP contribution is 2.39. The van der Waals surface area contributed by atoms with Crippen molar-refractivity contribution in [1.82, 2.24) is 9.80 Å². The molecule has 1 atom stereocenters. The first-order valence-corrected chi connectivity index (χ1v) is 11.8. The second-order valence-electron chi connectivity index (χ2n) is 9.15. The number of hydrogen-bond donors (Lipinski definition) is 2. The van der Waals surface area contributed by atoms with Gasteiger partial charge in [0, 0.05) is 25.6 Å². The predicted molar refractivity (Wildman–Crippen MR) is 131 cm³/mol. The minimum Gasteiger partial charge on any atom is -0.496 e. The fourth-order valence-corrected chi connectivity index (χ4v) is 4.74. The van der Waals surface area contributed by atoms with Gasteiger partial charge in [-0.05, 0) is 79.2 Å². The van der Waals surface area contributed by atoms with Crippen molar-refractivity contribution in [1.29, 1.82) is 0 Å². The normalized spacial score (nSPS) is 14.5. The summed E-state index contributed by atoms with van der Waals surface area (Å²) in [5.41, 5.74) is 6.25. The molecule has 0 fully saturated rings. The maximum Gasteiger partial charge on any atom is 0.286 e. The number of amides is 1. The zero-order valence-corrected chi connectivity index (χ0v) is 20.4. The minimum atomic E-state index is -0.505. The summed E-state index contributed by atoms with van der Waals surface area (Å²) in [6.45, 7) is 4.54. The van der Waals surface area contributed by atoms with Gasteiger partial charge in [0.2, 0.25) is 6.29 Å². The van der Waals surface area contributed by atoms with Crippen molar-refractivity contribution in [2.24, 2.45) is 0 Å². The van der Waals surface area contributed by atoms with Crippen LogP contribution in [0.2, 0.25) is 0 Å². The van der Waals surface area contributed by atoms with Crippen LogP contribution in [0.15, 0.2) is 30.3 Å². The van der Waals surface area contributed by atoms with Crippen LogP contribution in [0.5, 0.6) is 5.75 Å². The summed E-state index contributed by atoms with van der Waals surface area (Å²) in [6.07, 6.45) is 2.79. The zero-order valence-electron chi connectivity index (χ0n) is 20.4. The molecule has 0 heterocycles. The van der Waals surface area contributed by atoms with Crippen LogP contribution in [-0.2, 0) is 35.6 Å². The molecule has 34 heavy (non-hydrogen) atoms. The van der Waals surface area contributed by atoms with Crippen molar-refractivity contribution < 1.29 is 24.5 Å². The number of benzene rings is 2. The Kier molecular flexibility index (Phi) is 9.21. The average molecular weight is 469 g/mol. The van der Waals surface area contributed by atoms with E-state index in [1.165, 1.54) is 11.1 Å². The smallest absolute Gasteiger partial charge is 0.286 e. The van der Waals surface area contributed by atoms with Crippen molar-refractivity contribution >= 4 is 12.2 Å². The molecule has 2 aromatic carbocycles. The molecule has 2 N–H and O–H groups in total. The lowest BCUT2D eigenvalue weighted by Crippen LogP contribution is -2.37. The Labute approximate surface area is 202 Å². The van der Waals surface area contributed by atoms with Crippen LogP contribution in [0.3, 0.4) is 0 Å². The van der Waals surface area contributed by atoms with Crippen molar-refractivity contribution in [3.63, 3.8) is 0 Å². The molecule has 0 saturated carbocycles. The SMILES string of the molecule is COc1cc2c(cc1C)[C@@H](CN(C)CCCN(CCc1ccc(CO)c(CO)c1)C(=O)C=O)C2. The van der Waals surface area contributed by atoms with Crippen LogP contribution >= 0.6 is 0 Å². The van der Waals surface area contributed by atoms with Crippen molar-refractivity contribution in [3.05, 3.63) is 63.7 Å². The van der Waals surface area contributed by atoms with Crippen LogP contribution < -0.4 is 4.74 Å². The second-order valence-corrected chi connectivity index (χ2v) is 9.15. The van der Waals surface area contributed by atoms with E-state index in [2.05, 4.69) is 31.0 Å². The maximum absolute atomic E-state index is 12.1. The van der Waals surface area contributed by atoms with Crippen LogP contribution in [0.4, 0.5) is 0 Å². The van der Waals surface area contributed by atoms with E-state index in [1.54, 1.807) is 18.1 Å². The van der Waals surface area contributed by atoms with Gasteiger partial charge in [-0.2, -0.15) is 0 Å². The van der Waals surface area contributed by atoms with Gasteiger partial charge in [-0.25, -0.2) is 0 Å². The third-order valence-corrected chi connectivity index (χ3v) is 6.76. The summed E-state index contributed by atoms with van der Waals surface area (Å²) in [4.78, 5) is 27.2. The van der Waals surface area contributed by atoms with Gasteiger partial charge in [-0.15, -0.1) is 0 Å². The Morgan fingerprint density at radius 3 is 2.56 bits per heavy atom. The van der Waals surface area contributed by atoms with Crippen LogP contribution in [0.25, 0.3) is 0 Å². The molecular weight excluding hydrogens is 432 g/mol. The molecule has 0 aliphatic heterocycles. The molecule has 1 aliphatic carbocycles. The fourth-order valence-electron chi connectivity index (χ4n) is 4.74. The third-order valence-electron chi connectivity index (χ3n) is 6.76. The van der Waals surface area contributed by atoms with Gasteiger partial charge < -0.3 is 24.7 Å². The first-order chi connectivity index (χ1) is 16.4. The van der Waals surface area contributed by atoms with E-state index in [9.17, 15) is 19.8 Å². The molecule has 0 aromatic heterocycles. The summed E-state index contributed by atoms with van der Waals surface area (Å²) >= 11 is 0. The summed E-state index contributed by atoms with van der Waals surface area (Å²) in [6, 6.07) is 9.89. The molecule has 0 bridgehead atoms. The monoisotopic (exact) mass is 468 g/mol. The molecule has 1 amide bonds. The van der Waals surface area contributed by atoms with Crippen molar-refractivity contribution in [2.75, 3.05) is 40.3 Å². The van der Waals surface area contributed by atoms with Gasteiger partial charge in [-0.1, -0.05) is 24.3 Å². The standard InChI is InChI=1S/C27H36N2O5/c1-19-11-25-22(14-26(19)34-3)13-23(25)15-28(2)8-4-9-29(27(33)18-32)10-7-20-5-6-21(16-30)24(12-20)17-31/h5-6,11-12,14,18,23,30-31H,4,7-10,13,15-17H2,1-3H3/t23-/m1/s1. The van der Waals surface area contributed by atoms with Crippen molar-refractivity contribution in [2.45, 2.75) is 45.3 Å². The summed E-state index contributed by atoms with van der Waals surface area (Å²) in [7, 11) is 3.80. The van der Waals surface area contributed by atoms with E-state index >= 15 is 0 Å². The number of aliphatic hydroxyl groups excluding tert-OH is 2. The average Bonchev–Trinajstić information content (AvgIpc) is 2.84. The number of likely N-dealkylation sites (N-methyl/N-ethyl adjacent to an activating group) is 1. The van der Waals surface area contributed by atoms with Gasteiger partial charge in [0.15, 0.2) is 0 Å².